The Morgan fingerprint density at radius 3 is 1.74 bits per heavy atom. The largest absolute Gasteiger partial charge is 0.454 e. The van der Waals surface area contributed by atoms with Crippen molar-refractivity contribution in [3.63, 3.8) is 0 Å². The molecule has 0 amide bonds. The zero-order valence-corrected chi connectivity index (χ0v) is 21.2. The molecule has 0 aromatic heterocycles. The number of benzene rings is 2. The quantitative estimate of drug-likeness (QED) is 0.267. The molecule has 0 aliphatic carbocycles. The van der Waals surface area contributed by atoms with Crippen molar-refractivity contribution in [1.82, 2.24) is 0 Å². The number of ether oxygens (including phenoxy) is 1. The molecule has 6 heteroatoms. The Morgan fingerprint density at radius 1 is 0.886 bits per heavy atom. The predicted octanol–water partition coefficient (Wildman–Crippen LogP) is 6.42. The second-order valence-corrected chi connectivity index (χ2v) is 10.4. The van der Waals surface area contributed by atoms with Crippen molar-refractivity contribution in [3.05, 3.63) is 89.0 Å². The number of ketones is 1. The number of carbonyl (C=O) groups excluding carboxylic acids is 2. The van der Waals surface area contributed by atoms with Crippen LogP contribution in [0.5, 0.6) is 0 Å². The summed E-state index contributed by atoms with van der Waals surface area (Å²) in [7, 11) is 0. The minimum atomic E-state index is -0.985. The first kappa shape index (κ1) is 28.1. The van der Waals surface area contributed by atoms with Gasteiger partial charge >= 0.3 is 5.97 Å². The minimum Gasteiger partial charge on any atom is -0.454 e. The Morgan fingerprint density at radius 2 is 1.34 bits per heavy atom. The van der Waals surface area contributed by atoms with Crippen LogP contribution < -0.4 is 0 Å². The topological polar surface area (TPSA) is 63.6 Å². The van der Waals surface area contributed by atoms with E-state index in [1.54, 1.807) is 57.2 Å². The normalized spacial score (nSPS) is 12.9. The first-order chi connectivity index (χ1) is 16.2. The van der Waals surface area contributed by atoms with E-state index in [0.717, 1.165) is 22.3 Å². The summed E-state index contributed by atoms with van der Waals surface area (Å²) in [6.45, 7) is 11.0. The van der Waals surface area contributed by atoms with Gasteiger partial charge in [0.2, 0.25) is 5.78 Å². The van der Waals surface area contributed by atoms with Crippen molar-refractivity contribution in [2.75, 3.05) is 0 Å². The third kappa shape index (κ3) is 8.87. The molecular formula is C29H34F2O4. The van der Waals surface area contributed by atoms with E-state index in [0.29, 0.717) is 0 Å². The van der Waals surface area contributed by atoms with Gasteiger partial charge in [0.05, 0.1) is 6.10 Å². The number of Topliss-reactive ketones (excluding diaryl/α,β-unsaturated/α-hetero) is 1. The van der Waals surface area contributed by atoms with E-state index < -0.39 is 28.9 Å². The van der Waals surface area contributed by atoms with Gasteiger partial charge in [-0.3, -0.25) is 4.79 Å². The fraction of sp³-hybridized carbons (Fsp3) is 0.379. The van der Waals surface area contributed by atoms with Gasteiger partial charge in [-0.05, 0) is 79.1 Å². The highest BCUT2D eigenvalue weighted by Crippen LogP contribution is 2.37. The van der Waals surface area contributed by atoms with E-state index in [1.165, 1.54) is 24.3 Å². The molecule has 2 rings (SSSR count). The summed E-state index contributed by atoms with van der Waals surface area (Å²) in [5.74, 6) is -2.36. The molecule has 188 valence electrons. The Kier molecular flexibility index (Phi) is 9.27. The van der Waals surface area contributed by atoms with Crippen molar-refractivity contribution >= 4 is 17.3 Å². The molecule has 35 heavy (non-hydrogen) atoms. The van der Waals surface area contributed by atoms with E-state index >= 15 is 0 Å². The molecule has 0 saturated heterocycles. The molecule has 0 bridgehead atoms. The third-order valence-corrected chi connectivity index (χ3v) is 5.12. The number of hydrogen-bond donors (Lipinski definition) is 1. The predicted molar refractivity (Wildman–Crippen MR) is 134 cm³/mol. The minimum absolute atomic E-state index is 0.0500. The summed E-state index contributed by atoms with van der Waals surface area (Å²) in [4.78, 5) is 24.0. The summed E-state index contributed by atoms with van der Waals surface area (Å²) < 4.78 is 32.3. The lowest BCUT2D eigenvalue weighted by molar-refractivity contribution is -0.162. The molecule has 1 atom stereocenters. The highest BCUT2D eigenvalue weighted by Gasteiger charge is 2.24. The first-order valence-electron chi connectivity index (χ1n) is 11.6. The third-order valence-electron chi connectivity index (χ3n) is 5.12. The van der Waals surface area contributed by atoms with Crippen LogP contribution in [0.2, 0.25) is 0 Å². The molecule has 4 nitrogen and oxygen atoms in total. The van der Waals surface area contributed by atoms with Gasteiger partial charge in [-0.2, -0.15) is 0 Å². The molecule has 0 radical (unpaired) electrons. The van der Waals surface area contributed by atoms with Crippen LogP contribution in [-0.2, 0) is 14.3 Å². The monoisotopic (exact) mass is 484 g/mol. The lowest BCUT2D eigenvalue weighted by Crippen LogP contribution is -2.29. The van der Waals surface area contributed by atoms with Crippen LogP contribution in [-0.4, -0.2) is 28.6 Å². The maximum absolute atomic E-state index is 13.6. The van der Waals surface area contributed by atoms with Gasteiger partial charge in [0.15, 0.2) is 0 Å². The maximum Gasteiger partial charge on any atom is 0.375 e. The summed E-state index contributed by atoms with van der Waals surface area (Å²) in [5, 5.41) is 10.5. The van der Waals surface area contributed by atoms with Gasteiger partial charge in [0.25, 0.3) is 0 Å². The van der Waals surface area contributed by atoms with Crippen molar-refractivity contribution in [2.24, 2.45) is 5.41 Å². The molecule has 1 unspecified atom stereocenters. The van der Waals surface area contributed by atoms with Crippen molar-refractivity contribution < 1.29 is 28.2 Å². The number of halogens is 2. The van der Waals surface area contributed by atoms with E-state index in [4.69, 9.17) is 4.74 Å². The van der Waals surface area contributed by atoms with Crippen LogP contribution in [0.3, 0.4) is 0 Å². The number of aliphatic hydroxyl groups is 1. The molecule has 1 N–H and O–H groups in total. The second-order valence-electron chi connectivity index (χ2n) is 10.4. The molecular weight excluding hydrogens is 450 g/mol. The number of aliphatic hydroxyl groups excluding tert-OH is 1. The molecule has 0 aliphatic rings. The Balaban J connectivity index is 2.38. The molecule has 2 aromatic rings. The van der Waals surface area contributed by atoms with Gasteiger partial charge in [-0.15, -0.1) is 0 Å². The molecule has 0 aliphatic heterocycles. The SMILES string of the molecule is CC(C)(C)OC(=O)C(=O)CCC(O)/C=C/C(=C(c1ccc(F)cc1)c1ccc(F)cc1)C(C)(C)C. The summed E-state index contributed by atoms with van der Waals surface area (Å²) in [6.07, 6.45) is 2.24. The maximum atomic E-state index is 13.6. The van der Waals surface area contributed by atoms with E-state index in [2.05, 4.69) is 0 Å². The summed E-state index contributed by atoms with van der Waals surface area (Å²) in [5.41, 5.74) is 1.90. The number of allylic oxidation sites excluding steroid dienone is 2. The van der Waals surface area contributed by atoms with Gasteiger partial charge in [0.1, 0.15) is 17.2 Å². The molecule has 0 heterocycles. The lowest BCUT2D eigenvalue weighted by Gasteiger charge is -2.26. The zero-order valence-electron chi connectivity index (χ0n) is 21.2. The molecule has 2 aromatic carbocycles. The average Bonchev–Trinajstić information content (AvgIpc) is 2.74. The van der Waals surface area contributed by atoms with Crippen molar-refractivity contribution in [2.45, 2.75) is 66.1 Å². The number of hydrogen-bond acceptors (Lipinski definition) is 4. The van der Waals surface area contributed by atoms with Gasteiger partial charge < -0.3 is 9.84 Å². The van der Waals surface area contributed by atoms with Crippen LogP contribution in [0.4, 0.5) is 8.78 Å². The second kappa shape index (κ2) is 11.5. The highest BCUT2D eigenvalue weighted by atomic mass is 19.1. The van der Waals surface area contributed by atoms with E-state index in [1.807, 2.05) is 20.8 Å². The molecule has 0 fully saturated rings. The smallest absolute Gasteiger partial charge is 0.375 e. The number of rotatable bonds is 8. The number of esters is 1. The van der Waals surface area contributed by atoms with Crippen LogP contribution in [0.1, 0.15) is 65.5 Å². The van der Waals surface area contributed by atoms with Crippen LogP contribution in [0, 0.1) is 17.0 Å². The van der Waals surface area contributed by atoms with E-state index in [9.17, 15) is 23.5 Å². The van der Waals surface area contributed by atoms with E-state index in [-0.39, 0.29) is 24.5 Å². The lowest BCUT2D eigenvalue weighted by atomic mass is 9.79. The zero-order chi connectivity index (χ0) is 26.4. The Hall–Kier alpha value is -3.12. The number of carbonyl (C=O) groups is 2. The van der Waals surface area contributed by atoms with Crippen molar-refractivity contribution in [1.29, 1.82) is 0 Å². The summed E-state index contributed by atoms with van der Waals surface area (Å²) >= 11 is 0. The van der Waals surface area contributed by atoms with Crippen molar-refractivity contribution in [3.8, 4) is 0 Å². The molecule has 0 saturated carbocycles. The fourth-order valence-corrected chi connectivity index (χ4v) is 3.44. The first-order valence-corrected chi connectivity index (χ1v) is 11.6. The fourth-order valence-electron chi connectivity index (χ4n) is 3.44. The van der Waals surface area contributed by atoms with Crippen LogP contribution >= 0.6 is 0 Å². The molecule has 0 spiro atoms. The van der Waals surface area contributed by atoms with Crippen LogP contribution in [0.25, 0.3) is 5.57 Å². The Bertz CT molecular complexity index is 1040. The highest BCUT2D eigenvalue weighted by molar-refractivity contribution is 6.33. The Labute approximate surface area is 206 Å². The average molecular weight is 485 g/mol. The summed E-state index contributed by atoms with van der Waals surface area (Å²) in [6, 6.07) is 12.1. The van der Waals surface area contributed by atoms with Crippen LogP contribution in [0.15, 0.2) is 66.3 Å². The van der Waals surface area contributed by atoms with Gasteiger partial charge in [-0.1, -0.05) is 57.2 Å². The van der Waals surface area contributed by atoms with Gasteiger partial charge in [0, 0.05) is 6.42 Å². The standard InChI is InChI=1S/C29H34F2O4/c1-28(2,3)24(17-15-23(32)16-18-25(33)27(34)35-29(4,5)6)26(19-7-11-21(30)12-8-19)20-9-13-22(31)14-10-20/h7-15,17,23,32H,16,18H2,1-6H3/b17-15+. The van der Waals surface area contributed by atoms with Gasteiger partial charge in [-0.25, -0.2) is 13.6 Å².